The quantitative estimate of drug-likeness (QED) is 0.680. The second kappa shape index (κ2) is 5.89. The van der Waals surface area contributed by atoms with E-state index in [1.54, 1.807) is 24.4 Å². The van der Waals surface area contributed by atoms with Gasteiger partial charge in [0.05, 0.1) is 21.8 Å². The highest BCUT2D eigenvalue weighted by atomic mass is 32.1. The largest absolute Gasteiger partial charge is 0.356 e. The molecule has 2 amide bonds. The minimum atomic E-state index is -0.243. The van der Waals surface area contributed by atoms with Gasteiger partial charge in [-0.2, -0.15) is 0 Å². The third kappa shape index (κ3) is 2.67. The summed E-state index contributed by atoms with van der Waals surface area (Å²) < 4.78 is 0. The van der Waals surface area contributed by atoms with Crippen molar-refractivity contribution in [2.45, 2.75) is 6.42 Å². The molecule has 3 N–H and O–H groups in total. The highest BCUT2D eigenvalue weighted by molar-refractivity contribution is 7.12. The van der Waals surface area contributed by atoms with Crippen molar-refractivity contribution in [3.63, 3.8) is 0 Å². The first kappa shape index (κ1) is 14.6. The Balaban J connectivity index is 1.61. The zero-order chi connectivity index (χ0) is 16.5. The summed E-state index contributed by atoms with van der Waals surface area (Å²) in [6, 6.07) is 7.06. The number of rotatable bonds is 3. The Morgan fingerprint density at radius 3 is 3.04 bits per heavy atom. The number of nitrogens with one attached hydrogen (secondary N) is 3. The van der Waals surface area contributed by atoms with Gasteiger partial charge in [0, 0.05) is 24.9 Å². The molecule has 0 bridgehead atoms. The van der Waals surface area contributed by atoms with Crippen molar-refractivity contribution in [1.29, 1.82) is 0 Å². The molecule has 0 radical (unpaired) electrons. The molecule has 0 atom stereocenters. The van der Waals surface area contributed by atoms with E-state index in [0.29, 0.717) is 22.7 Å². The fraction of sp³-hybridized carbons (Fsp3) is 0.125. The van der Waals surface area contributed by atoms with Gasteiger partial charge in [-0.05, 0) is 23.6 Å². The van der Waals surface area contributed by atoms with Gasteiger partial charge in [0.15, 0.2) is 0 Å². The van der Waals surface area contributed by atoms with E-state index in [0.717, 1.165) is 17.8 Å². The molecule has 24 heavy (non-hydrogen) atoms. The van der Waals surface area contributed by atoms with Crippen LogP contribution in [0.1, 0.15) is 25.7 Å². The number of nitrogens with zero attached hydrogens (tertiary/aromatic N) is 2. The summed E-state index contributed by atoms with van der Waals surface area (Å²) in [5.41, 5.74) is 2.88. The standard InChI is InChI=1S/C16H13N5O2S/c22-14-9-8-12(19-10(9)3-5-17-14)11-4-6-18-16(20-11)21-15(23)13-2-1-7-24-13/h1-2,4,6-8,19H,3,5H2,(H,17,22)(H,18,20,21,23). The lowest BCUT2D eigenvalue weighted by atomic mass is 10.1. The average molecular weight is 339 g/mol. The van der Waals surface area contributed by atoms with Crippen molar-refractivity contribution in [2.75, 3.05) is 11.9 Å². The van der Waals surface area contributed by atoms with Crippen molar-refractivity contribution >= 4 is 29.1 Å². The van der Waals surface area contributed by atoms with Crippen molar-refractivity contribution in [1.82, 2.24) is 20.3 Å². The van der Waals surface area contributed by atoms with E-state index in [9.17, 15) is 9.59 Å². The zero-order valence-corrected chi connectivity index (χ0v) is 13.3. The van der Waals surface area contributed by atoms with Gasteiger partial charge in [0.1, 0.15) is 0 Å². The predicted octanol–water partition coefficient (Wildman–Crippen LogP) is 2.07. The number of anilines is 1. The van der Waals surface area contributed by atoms with E-state index in [1.165, 1.54) is 11.3 Å². The maximum Gasteiger partial charge on any atom is 0.268 e. The molecule has 3 aromatic heterocycles. The van der Waals surface area contributed by atoms with Crippen LogP contribution >= 0.6 is 11.3 Å². The van der Waals surface area contributed by atoms with Crippen molar-refractivity contribution in [3.05, 3.63) is 52.0 Å². The van der Waals surface area contributed by atoms with Gasteiger partial charge in [0.25, 0.3) is 11.8 Å². The lowest BCUT2D eigenvalue weighted by molar-refractivity contribution is 0.0945. The molecule has 0 spiro atoms. The van der Waals surface area contributed by atoms with Crippen LogP contribution in [0.2, 0.25) is 0 Å². The summed E-state index contributed by atoms with van der Waals surface area (Å²) >= 11 is 1.35. The molecule has 1 aliphatic rings. The summed E-state index contributed by atoms with van der Waals surface area (Å²) in [4.78, 5) is 36.2. The lowest BCUT2D eigenvalue weighted by Gasteiger charge is -2.10. The molecule has 8 heteroatoms. The van der Waals surface area contributed by atoms with Gasteiger partial charge in [-0.1, -0.05) is 6.07 Å². The van der Waals surface area contributed by atoms with Crippen LogP contribution in [0.4, 0.5) is 5.95 Å². The first-order valence-corrected chi connectivity index (χ1v) is 8.27. The Labute approximate surface area is 141 Å². The van der Waals surface area contributed by atoms with Crippen molar-refractivity contribution in [3.8, 4) is 11.4 Å². The molecule has 3 aromatic rings. The summed E-state index contributed by atoms with van der Waals surface area (Å²) in [5.74, 6) is -0.103. The highest BCUT2D eigenvalue weighted by Crippen LogP contribution is 2.23. The van der Waals surface area contributed by atoms with Crippen molar-refractivity contribution in [2.24, 2.45) is 0 Å². The van der Waals surface area contributed by atoms with Crippen LogP contribution in [0.3, 0.4) is 0 Å². The van der Waals surface area contributed by atoms with Crippen LogP contribution in [0.25, 0.3) is 11.4 Å². The van der Waals surface area contributed by atoms with E-state index in [-0.39, 0.29) is 17.8 Å². The second-order valence-corrected chi connectivity index (χ2v) is 6.23. The summed E-state index contributed by atoms with van der Waals surface area (Å²) in [7, 11) is 0. The normalized spacial score (nSPS) is 13.2. The Bertz CT molecular complexity index is 916. The predicted molar refractivity (Wildman–Crippen MR) is 90.1 cm³/mol. The Morgan fingerprint density at radius 2 is 2.25 bits per heavy atom. The third-order valence-corrected chi connectivity index (χ3v) is 4.57. The zero-order valence-electron chi connectivity index (χ0n) is 12.5. The summed E-state index contributed by atoms with van der Waals surface area (Å²) in [6.07, 6.45) is 2.33. The fourth-order valence-electron chi connectivity index (χ4n) is 2.57. The minimum absolute atomic E-state index is 0.0842. The number of H-pyrrole nitrogens is 1. The monoisotopic (exact) mass is 339 g/mol. The van der Waals surface area contributed by atoms with E-state index in [4.69, 9.17) is 0 Å². The molecule has 7 nitrogen and oxygen atoms in total. The van der Waals surface area contributed by atoms with Gasteiger partial charge < -0.3 is 10.3 Å². The molecular weight excluding hydrogens is 326 g/mol. The van der Waals surface area contributed by atoms with E-state index < -0.39 is 0 Å². The van der Waals surface area contributed by atoms with Crippen LogP contribution in [0.5, 0.6) is 0 Å². The smallest absolute Gasteiger partial charge is 0.268 e. The Hall–Kier alpha value is -3.00. The van der Waals surface area contributed by atoms with E-state index >= 15 is 0 Å². The molecule has 4 rings (SSSR count). The average Bonchev–Trinajstić information content (AvgIpc) is 3.25. The molecular formula is C16H13N5O2S. The maximum absolute atomic E-state index is 12.1. The SMILES string of the molecule is O=C(Nc1nccc(-c2cc3c([nH]2)CCNC3=O)n1)c1cccs1. The first-order chi connectivity index (χ1) is 11.7. The van der Waals surface area contributed by atoms with Gasteiger partial charge in [-0.15, -0.1) is 11.3 Å². The van der Waals surface area contributed by atoms with Gasteiger partial charge >= 0.3 is 0 Å². The fourth-order valence-corrected chi connectivity index (χ4v) is 3.19. The van der Waals surface area contributed by atoms with Crippen LogP contribution in [-0.2, 0) is 6.42 Å². The molecule has 120 valence electrons. The van der Waals surface area contributed by atoms with Gasteiger partial charge in [-0.25, -0.2) is 9.97 Å². The topological polar surface area (TPSA) is 99.8 Å². The number of carbonyl (C=O) groups excluding carboxylic acids is 2. The molecule has 4 heterocycles. The molecule has 1 aliphatic heterocycles. The summed E-state index contributed by atoms with van der Waals surface area (Å²) in [6.45, 7) is 0.623. The van der Waals surface area contributed by atoms with Crippen LogP contribution in [0, 0.1) is 0 Å². The first-order valence-electron chi connectivity index (χ1n) is 7.39. The van der Waals surface area contributed by atoms with Gasteiger partial charge in [0.2, 0.25) is 5.95 Å². The molecule has 0 fully saturated rings. The lowest BCUT2D eigenvalue weighted by Crippen LogP contribution is -2.31. The number of fused-ring (bicyclic) bond motifs is 1. The number of thiophene rings is 1. The number of aromatic amines is 1. The molecule has 0 saturated carbocycles. The third-order valence-electron chi connectivity index (χ3n) is 3.71. The second-order valence-electron chi connectivity index (χ2n) is 5.28. The number of aromatic nitrogens is 3. The molecule has 0 aliphatic carbocycles. The number of hydrogen-bond donors (Lipinski definition) is 3. The van der Waals surface area contributed by atoms with Crippen molar-refractivity contribution < 1.29 is 9.59 Å². The van der Waals surface area contributed by atoms with Crippen LogP contribution in [-0.4, -0.2) is 33.3 Å². The number of hydrogen-bond acceptors (Lipinski definition) is 5. The van der Waals surface area contributed by atoms with Gasteiger partial charge in [-0.3, -0.25) is 14.9 Å². The molecule has 0 saturated heterocycles. The number of carbonyl (C=O) groups is 2. The van der Waals surface area contributed by atoms with E-state index in [2.05, 4.69) is 25.6 Å². The minimum Gasteiger partial charge on any atom is -0.356 e. The van der Waals surface area contributed by atoms with Crippen LogP contribution in [0.15, 0.2) is 35.8 Å². The van der Waals surface area contributed by atoms with E-state index in [1.807, 2.05) is 11.4 Å². The highest BCUT2D eigenvalue weighted by Gasteiger charge is 2.20. The molecule has 0 unspecified atom stereocenters. The Kier molecular flexibility index (Phi) is 3.58. The number of amides is 2. The molecule has 0 aromatic carbocycles. The Morgan fingerprint density at radius 1 is 1.33 bits per heavy atom. The summed E-state index contributed by atoms with van der Waals surface area (Å²) in [5, 5.41) is 7.32. The van der Waals surface area contributed by atoms with Crippen LogP contribution < -0.4 is 10.6 Å². The maximum atomic E-state index is 12.1.